The number of fused-ring (bicyclic) bond motifs is 1. The van der Waals surface area contributed by atoms with E-state index >= 15 is 0 Å². The monoisotopic (exact) mass is 619 g/mol. The first-order chi connectivity index (χ1) is 21.7. The van der Waals surface area contributed by atoms with Crippen molar-refractivity contribution in [3.05, 3.63) is 49.2 Å². The maximum Gasteiger partial charge on any atom is 0.328 e. The first-order valence-corrected chi connectivity index (χ1v) is 16.0. The van der Waals surface area contributed by atoms with Gasteiger partial charge < -0.3 is 23.8 Å². The molecule has 2 heterocycles. The van der Waals surface area contributed by atoms with E-state index in [4.69, 9.17) is 28.9 Å². The van der Waals surface area contributed by atoms with Crippen LogP contribution in [0.2, 0.25) is 0 Å². The number of aryl methyl sites for hydroxylation is 1. The zero-order chi connectivity index (χ0) is 32.1. The molecule has 1 aromatic carbocycles. The van der Waals surface area contributed by atoms with Crippen LogP contribution in [0.25, 0.3) is 11.0 Å². The Morgan fingerprint density at radius 1 is 1.13 bits per heavy atom. The fourth-order valence-electron chi connectivity index (χ4n) is 6.98. The fraction of sp³-hybridized carbons (Fsp3) is 0.571. The lowest BCUT2D eigenvalue weighted by molar-refractivity contribution is -0.158. The van der Waals surface area contributed by atoms with Gasteiger partial charge in [0.25, 0.3) is 0 Å². The lowest BCUT2D eigenvalue weighted by Gasteiger charge is -2.30. The van der Waals surface area contributed by atoms with Gasteiger partial charge in [-0.25, -0.2) is 14.8 Å². The third-order valence-corrected chi connectivity index (χ3v) is 9.62. The van der Waals surface area contributed by atoms with Gasteiger partial charge in [0, 0.05) is 12.3 Å². The number of ether oxygens (including phenoxy) is 4. The number of carbonyl (C=O) groups is 3. The first-order valence-electron chi connectivity index (χ1n) is 16.0. The maximum absolute atomic E-state index is 14.3. The van der Waals surface area contributed by atoms with Crippen LogP contribution in [-0.4, -0.2) is 71.2 Å². The molecule has 5 atom stereocenters. The molecule has 1 saturated heterocycles. The Bertz CT molecular complexity index is 1440. The number of carbonyl (C=O) groups excluding carboxylic acids is 3. The third kappa shape index (κ3) is 7.15. The molecule has 0 spiro atoms. The van der Waals surface area contributed by atoms with Crippen molar-refractivity contribution in [3.63, 3.8) is 0 Å². The average molecular weight is 620 g/mol. The van der Waals surface area contributed by atoms with Gasteiger partial charge in [0.15, 0.2) is 0 Å². The van der Waals surface area contributed by atoms with Crippen LogP contribution in [0.4, 0.5) is 0 Å². The number of rotatable bonds is 14. The molecule has 0 N–H and O–H groups in total. The van der Waals surface area contributed by atoms with E-state index in [0.29, 0.717) is 41.2 Å². The molecule has 0 bridgehead atoms. The highest BCUT2D eigenvalue weighted by Gasteiger charge is 2.53. The zero-order valence-corrected chi connectivity index (χ0v) is 26.7. The van der Waals surface area contributed by atoms with Crippen molar-refractivity contribution in [3.8, 4) is 11.6 Å². The number of aromatic nitrogens is 2. The van der Waals surface area contributed by atoms with E-state index in [1.807, 2.05) is 37.3 Å². The van der Waals surface area contributed by atoms with Gasteiger partial charge in [-0.2, -0.15) is 0 Å². The van der Waals surface area contributed by atoms with Gasteiger partial charge in [0.2, 0.25) is 11.8 Å². The van der Waals surface area contributed by atoms with Gasteiger partial charge in [-0.15, -0.1) is 13.2 Å². The van der Waals surface area contributed by atoms with Crippen LogP contribution in [0.3, 0.4) is 0 Å². The Morgan fingerprint density at radius 3 is 2.60 bits per heavy atom. The van der Waals surface area contributed by atoms with Crippen molar-refractivity contribution < 1.29 is 33.3 Å². The Labute approximate surface area is 265 Å². The molecule has 3 aliphatic rings. The summed E-state index contributed by atoms with van der Waals surface area (Å²) < 4.78 is 23.0. The minimum Gasteiger partial charge on any atom is -0.494 e. The van der Waals surface area contributed by atoms with Crippen molar-refractivity contribution in [2.45, 2.75) is 88.9 Å². The Hall–Kier alpha value is -3.95. The Morgan fingerprint density at radius 2 is 1.91 bits per heavy atom. The van der Waals surface area contributed by atoms with E-state index in [2.05, 4.69) is 13.2 Å². The van der Waals surface area contributed by atoms with Crippen LogP contribution >= 0.6 is 0 Å². The number of para-hydroxylation sites is 1. The number of likely N-dealkylation sites (tertiary alicyclic amines) is 1. The molecule has 2 saturated carbocycles. The van der Waals surface area contributed by atoms with Gasteiger partial charge in [-0.05, 0) is 63.5 Å². The van der Waals surface area contributed by atoms with Crippen LogP contribution in [0.15, 0.2) is 43.5 Å². The van der Waals surface area contributed by atoms with Crippen LogP contribution < -0.4 is 9.47 Å². The SMILES string of the molecule is C=CCCc1nc2cccc(OC)c2nc1O[C@@H]1C[C@@H](C(=O)OC)N(C(=O)[C@@H](CC(=O)O[C@]2(C)C[C@H]2CC=C)C2CCCC2)C1. The predicted molar refractivity (Wildman–Crippen MR) is 169 cm³/mol. The molecular formula is C35H45N3O7. The highest BCUT2D eigenvalue weighted by molar-refractivity contribution is 5.89. The van der Waals surface area contributed by atoms with Crippen molar-refractivity contribution in [1.82, 2.24) is 14.9 Å². The summed E-state index contributed by atoms with van der Waals surface area (Å²) in [6, 6.07) is 4.69. The van der Waals surface area contributed by atoms with Gasteiger partial charge in [-0.1, -0.05) is 31.1 Å². The summed E-state index contributed by atoms with van der Waals surface area (Å²) in [5.74, 6) is -0.502. The molecule has 10 heteroatoms. The second-order valence-corrected chi connectivity index (χ2v) is 12.7. The van der Waals surface area contributed by atoms with Crippen molar-refractivity contribution in [2.24, 2.45) is 17.8 Å². The number of allylic oxidation sites excluding steroid dienone is 2. The summed E-state index contributed by atoms with van der Waals surface area (Å²) in [7, 11) is 2.89. The molecule has 1 aromatic heterocycles. The number of esters is 2. The quantitative estimate of drug-likeness (QED) is 0.203. The number of amides is 1. The average Bonchev–Trinajstić information content (AvgIpc) is 3.40. The number of nitrogens with zero attached hydrogens (tertiary/aromatic N) is 3. The van der Waals surface area contributed by atoms with E-state index in [0.717, 1.165) is 38.5 Å². The second-order valence-electron chi connectivity index (χ2n) is 12.7. The molecule has 10 nitrogen and oxygen atoms in total. The van der Waals surface area contributed by atoms with E-state index in [9.17, 15) is 14.4 Å². The highest BCUT2D eigenvalue weighted by atomic mass is 16.6. The Balaban J connectivity index is 1.38. The largest absolute Gasteiger partial charge is 0.494 e. The zero-order valence-electron chi connectivity index (χ0n) is 26.7. The molecule has 0 radical (unpaired) electrons. The molecule has 3 fully saturated rings. The van der Waals surface area contributed by atoms with Crippen LogP contribution in [0, 0.1) is 17.8 Å². The van der Waals surface area contributed by atoms with Crippen LogP contribution in [0.1, 0.15) is 70.4 Å². The molecule has 1 amide bonds. The van der Waals surface area contributed by atoms with E-state index in [-0.39, 0.29) is 43.1 Å². The molecule has 1 aliphatic heterocycles. The number of methoxy groups -OCH3 is 2. The number of hydrogen-bond donors (Lipinski definition) is 0. The molecular weight excluding hydrogens is 574 g/mol. The highest BCUT2D eigenvalue weighted by Crippen LogP contribution is 2.49. The summed E-state index contributed by atoms with van der Waals surface area (Å²) in [6.45, 7) is 9.72. The van der Waals surface area contributed by atoms with Crippen LogP contribution in [0.5, 0.6) is 11.6 Å². The van der Waals surface area contributed by atoms with Crippen LogP contribution in [-0.2, 0) is 30.3 Å². The van der Waals surface area contributed by atoms with Crippen molar-refractivity contribution in [1.29, 1.82) is 0 Å². The summed E-state index contributed by atoms with van der Waals surface area (Å²) in [6.07, 6.45) is 9.87. The van der Waals surface area contributed by atoms with Crippen molar-refractivity contribution in [2.75, 3.05) is 20.8 Å². The first kappa shape index (κ1) is 32.4. The van der Waals surface area contributed by atoms with E-state index < -0.39 is 29.6 Å². The lowest BCUT2D eigenvalue weighted by atomic mass is 9.86. The molecule has 0 unspecified atom stereocenters. The second kappa shape index (κ2) is 14.0. The fourth-order valence-corrected chi connectivity index (χ4v) is 6.98. The van der Waals surface area contributed by atoms with Crippen molar-refractivity contribution >= 4 is 28.9 Å². The summed E-state index contributed by atoms with van der Waals surface area (Å²) in [4.78, 5) is 51.7. The van der Waals surface area contributed by atoms with E-state index in [1.54, 1.807) is 12.0 Å². The molecule has 5 rings (SSSR count). The minimum absolute atomic E-state index is 0.0164. The normalized spacial score (nSPS) is 25.0. The van der Waals surface area contributed by atoms with Gasteiger partial charge in [0.05, 0.1) is 38.6 Å². The molecule has 242 valence electrons. The maximum atomic E-state index is 14.3. The molecule has 45 heavy (non-hydrogen) atoms. The van der Waals surface area contributed by atoms with Gasteiger partial charge >= 0.3 is 11.9 Å². The van der Waals surface area contributed by atoms with E-state index in [1.165, 1.54) is 7.11 Å². The smallest absolute Gasteiger partial charge is 0.328 e. The third-order valence-electron chi connectivity index (χ3n) is 9.62. The summed E-state index contributed by atoms with van der Waals surface area (Å²) >= 11 is 0. The predicted octanol–water partition coefficient (Wildman–Crippen LogP) is 5.37. The molecule has 2 aliphatic carbocycles. The van der Waals surface area contributed by atoms with Gasteiger partial charge in [0.1, 0.15) is 34.7 Å². The topological polar surface area (TPSA) is 117 Å². The minimum atomic E-state index is -0.843. The van der Waals surface area contributed by atoms with Gasteiger partial charge in [-0.3, -0.25) is 9.59 Å². The molecule has 2 aromatic rings. The summed E-state index contributed by atoms with van der Waals surface area (Å²) in [5, 5.41) is 0. The Kier molecular flexibility index (Phi) is 10.1. The lowest BCUT2D eigenvalue weighted by Crippen LogP contribution is -2.46. The number of hydrogen-bond acceptors (Lipinski definition) is 9. The standard InChI is InChI=1S/C35H45N3O7/c1-6-8-15-27-32(37-31-26(36-27)16-11-17-29(31)42-4)44-24-18-28(34(41)43-5)38(21-24)33(40)25(22-13-9-10-14-22)19-30(39)45-35(3)20-23(35)12-7-2/h6-7,11,16-17,22-25,28H,1-2,8-10,12-15,18-21H2,3-5H3/t23-,24-,25+,28+,35-/m1/s1. The number of benzene rings is 1. The summed E-state index contributed by atoms with van der Waals surface area (Å²) in [5.41, 5.74) is 1.39.